The van der Waals surface area contributed by atoms with Gasteiger partial charge in [-0.25, -0.2) is 4.79 Å². The Bertz CT molecular complexity index is 867. The van der Waals surface area contributed by atoms with Gasteiger partial charge in [0.15, 0.2) is 0 Å². The first-order chi connectivity index (χ1) is 13.2. The maximum Gasteiger partial charge on any atom is 0.345 e. The van der Waals surface area contributed by atoms with Gasteiger partial charge in [0.2, 0.25) is 0 Å². The zero-order valence-electron chi connectivity index (χ0n) is 15.9. The molecule has 27 heavy (non-hydrogen) atoms. The summed E-state index contributed by atoms with van der Waals surface area (Å²) in [5, 5.41) is 4.84. The molecule has 3 fully saturated rings. The third kappa shape index (κ3) is 2.87. The van der Waals surface area contributed by atoms with Crippen molar-refractivity contribution >= 4 is 6.03 Å². The third-order valence-corrected chi connectivity index (χ3v) is 6.31. The average molecular weight is 366 g/mol. The monoisotopic (exact) mass is 366 g/mol. The normalized spacial score (nSPS) is 24.6. The molecule has 0 saturated carbocycles. The molecule has 0 aliphatic carbocycles. The molecule has 1 aromatic carbocycles. The molecule has 0 atom stereocenters. The van der Waals surface area contributed by atoms with Gasteiger partial charge in [0, 0.05) is 43.3 Å². The second-order valence-electron chi connectivity index (χ2n) is 7.85. The lowest BCUT2D eigenvalue weighted by Gasteiger charge is -2.31. The highest BCUT2D eigenvalue weighted by Gasteiger charge is 2.35. The zero-order chi connectivity index (χ0) is 18.4. The summed E-state index contributed by atoms with van der Waals surface area (Å²) in [7, 11) is 0. The van der Waals surface area contributed by atoms with E-state index in [0.717, 1.165) is 62.4 Å². The van der Waals surface area contributed by atoms with Crippen molar-refractivity contribution in [1.29, 1.82) is 0 Å². The van der Waals surface area contributed by atoms with Crippen molar-refractivity contribution in [2.75, 3.05) is 32.8 Å². The van der Waals surface area contributed by atoms with E-state index in [-0.39, 0.29) is 6.03 Å². The fourth-order valence-corrected chi connectivity index (χ4v) is 4.71. The predicted molar refractivity (Wildman–Crippen MR) is 103 cm³/mol. The number of aryl methyl sites for hydroxylation is 1. The molecule has 0 unspecified atom stereocenters. The van der Waals surface area contributed by atoms with Gasteiger partial charge in [0.05, 0.1) is 24.6 Å². The van der Waals surface area contributed by atoms with Gasteiger partial charge in [-0.1, -0.05) is 24.3 Å². The van der Waals surface area contributed by atoms with Crippen LogP contribution in [-0.2, 0) is 17.8 Å². The van der Waals surface area contributed by atoms with Crippen LogP contribution >= 0.6 is 0 Å². The SMILES string of the molecule is Cc1ccccc1-c1nn(C(=O)N2CCN3CCC2CC3)c2c1CCOC2. The van der Waals surface area contributed by atoms with Crippen LogP contribution in [0.4, 0.5) is 4.79 Å². The van der Waals surface area contributed by atoms with Gasteiger partial charge in [-0.05, 0) is 31.7 Å². The van der Waals surface area contributed by atoms with Crippen LogP contribution in [0.1, 0.15) is 29.7 Å². The van der Waals surface area contributed by atoms with Crippen LogP contribution in [0.5, 0.6) is 0 Å². The van der Waals surface area contributed by atoms with Crippen molar-refractivity contribution in [1.82, 2.24) is 19.6 Å². The van der Waals surface area contributed by atoms with Gasteiger partial charge >= 0.3 is 6.03 Å². The van der Waals surface area contributed by atoms with Gasteiger partial charge < -0.3 is 14.5 Å². The molecule has 5 heterocycles. The number of hydrogen-bond acceptors (Lipinski definition) is 4. The number of amides is 1. The summed E-state index contributed by atoms with van der Waals surface area (Å²) in [4.78, 5) is 18.0. The molecule has 1 amide bonds. The van der Waals surface area contributed by atoms with E-state index < -0.39 is 0 Å². The van der Waals surface area contributed by atoms with Crippen LogP contribution in [0, 0.1) is 6.92 Å². The van der Waals surface area contributed by atoms with E-state index >= 15 is 0 Å². The van der Waals surface area contributed by atoms with Crippen LogP contribution in [0.3, 0.4) is 0 Å². The molecular weight excluding hydrogens is 340 g/mol. The van der Waals surface area contributed by atoms with Gasteiger partial charge in [-0.2, -0.15) is 9.78 Å². The van der Waals surface area contributed by atoms with Crippen molar-refractivity contribution in [3.05, 3.63) is 41.1 Å². The Morgan fingerprint density at radius 3 is 2.78 bits per heavy atom. The maximum atomic E-state index is 13.5. The van der Waals surface area contributed by atoms with E-state index in [0.29, 0.717) is 19.3 Å². The maximum absolute atomic E-state index is 13.5. The number of aromatic nitrogens is 2. The minimum atomic E-state index is 0.0188. The lowest BCUT2D eigenvalue weighted by Crippen LogP contribution is -2.44. The fraction of sp³-hybridized carbons (Fsp3) is 0.524. The molecule has 0 radical (unpaired) electrons. The quantitative estimate of drug-likeness (QED) is 0.779. The van der Waals surface area contributed by atoms with E-state index in [4.69, 9.17) is 9.84 Å². The molecule has 6 nitrogen and oxygen atoms in total. The first-order valence-corrected chi connectivity index (χ1v) is 10.00. The molecule has 0 spiro atoms. The van der Waals surface area contributed by atoms with Crippen molar-refractivity contribution in [2.45, 2.75) is 38.8 Å². The molecule has 142 valence electrons. The first kappa shape index (κ1) is 17.0. The lowest BCUT2D eigenvalue weighted by atomic mass is 9.99. The number of carbonyl (C=O) groups is 1. The summed E-state index contributed by atoms with van der Waals surface area (Å²) in [6.45, 7) is 7.21. The predicted octanol–water partition coefficient (Wildman–Crippen LogP) is 2.68. The number of hydrogen-bond donors (Lipinski definition) is 0. The van der Waals surface area contributed by atoms with Crippen LogP contribution in [-0.4, -0.2) is 64.4 Å². The van der Waals surface area contributed by atoms with E-state index in [1.54, 1.807) is 4.68 Å². The number of fused-ring (bicyclic) bond motifs is 5. The summed E-state index contributed by atoms with van der Waals surface area (Å²) in [5.74, 6) is 0. The third-order valence-electron chi connectivity index (χ3n) is 6.31. The first-order valence-electron chi connectivity index (χ1n) is 10.00. The smallest absolute Gasteiger partial charge is 0.345 e. The fourth-order valence-electron chi connectivity index (χ4n) is 4.71. The summed E-state index contributed by atoms with van der Waals surface area (Å²) < 4.78 is 7.34. The minimum Gasteiger partial charge on any atom is -0.375 e. The highest BCUT2D eigenvalue weighted by atomic mass is 16.5. The van der Waals surface area contributed by atoms with Crippen LogP contribution < -0.4 is 0 Å². The number of nitrogens with zero attached hydrogens (tertiary/aromatic N) is 4. The van der Waals surface area contributed by atoms with Crippen LogP contribution in [0.2, 0.25) is 0 Å². The second-order valence-corrected chi connectivity index (χ2v) is 7.85. The highest BCUT2D eigenvalue weighted by molar-refractivity contribution is 5.80. The second kappa shape index (κ2) is 6.77. The van der Waals surface area contributed by atoms with E-state index in [9.17, 15) is 4.79 Å². The zero-order valence-corrected chi connectivity index (χ0v) is 15.9. The molecule has 3 saturated heterocycles. The van der Waals surface area contributed by atoms with Crippen LogP contribution in [0.15, 0.2) is 24.3 Å². The Balaban J connectivity index is 1.56. The Kier molecular flexibility index (Phi) is 4.25. The number of piperidine rings is 1. The Morgan fingerprint density at radius 1 is 1.15 bits per heavy atom. The number of rotatable bonds is 1. The summed E-state index contributed by atoms with van der Waals surface area (Å²) in [6.07, 6.45) is 2.94. The van der Waals surface area contributed by atoms with Crippen molar-refractivity contribution in [3.63, 3.8) is 0 Å². The average Bonchev–Trinajstić information content (AvgIpc) is 2.83. The number of carbonyl (C=O) groups excluding carboxylic acids is 1. The van der Waals surface area contributed by atoms with Crippen LogP contribution in [0.25, 0.3) is 11.3 Å². The van der Waals surface area contributed by atoms with Crippen molar-refractivity contribution < 1.29 is 9.53 Å². The van der Waals surface area contributed by atoms with Gasteiger partial charge in [-0.15, -0.1) is 0 Å². The molecule has 4 aliphatic rings. The van der Waals surface area contributed by atoms with Crippen molar-refractivity contribution in [3.8, 4) is 11.3 Å². The number of ether oxygens (including phenoxy) is 1. The number of benzene rings is 1. The van der Waals surface area contributed by atoms with Crippen molar-refractivity contribution in [2.24, 2.45) is 0 Å². The van der Waals surface area contributed by atoms with E-state index in [1.165, 1.54) is 11.1 Å². The molecule has 1 aromatic heterocycles. The minimum absolute atomic E-state index is 0.0188. The Labute approximate surface area is 159 Å². The molecule has 2 aromatic rings. The van der Waals surface area contributed by atoms with E-state index in [1.807, 2.05) is 12.1 Å². The molecular formula is C21H26N4O2. The standard InChI is InChI=1S/C21H26N4O2/c1-15-4-2-3-5-17(15)20-18-8-13-27-14-19(18)25(22-20)21(26)24-12-11-23-9-6-16(24)7-10-23/h2-5,16H,6-14H2,1H3. The molecule has 2 bridgehead atoms. The topological polar surface area (TPSA) is 50.6 Å². The van der Waals surface area contributed by atoms with Gasteiger partial charge in [-0.3, -0.25) is 0 Å². The van der Waals surface area contributed by atoms with E-state index in [2.05, 4.69) is 28.9 Å². The van der Waals surface area contributed by atoms with Gasteiger partial charge in [0.1, 0.15) is 0 Å². The Hall–Kier alpha value is -2.18. The summed E-state index contributed by atoms with van der Waals surface area (Å²) in [5.41, 5.74) is 5.35. The highest BCUT2D eigenvalue weighted by Crippen LogP contribution is 2.32. The molecule has 0 N–H and O–H groups in total. The Morgan fingerprint density at radius 2 is 1.96 bits per heavy atom. The summed E-state index contributed by atoms with van der Waals surface area (Å²) >= 11 is 0. The molecule has 6 heteroatoms. The molecule has 4 aliphatic heterocycles. The largest absolute Gasteiger partial charge is 0.375 e. The lowest BCUT2D eigenvalue weighted by molar-refractivity contribution is 0.103. The molecule has 6 rings (SSSR count). The van der Waals surface area contributed by atoms with Gasteiger partial charge in [0.25, 0.3) is 0 Å². The summed E-state index contributed by atoms with van der Waals surface area (Å²) in [6, 6.07) is 8.64.